The van der Waals surface area contributed by atoms with Gasteiger partial charge in [0.2, 0.25) is 0 Å². The zero-order chi connectivity index (χ0) is 61.2. The smallest absolute Gasteiger partial charge is 0.306 e. The van der Waals surface area contributed by atoms with Crippen molar-refractivity contribution in [1.82, 2.24) is 0 Å². The first-order valence-electron chi connectivity index (χ1n) is 35.6. The number of carbonyl (C=O) groups excluding carboxylic acids is 3. The fourth-order valence-electron chi connectivity index (χ4n) is 10.3. The second-order valence-corrected chi connectivity index (χ2v) is 25.2. The Morgan fingerprint density at radius 1 is 0.369 bits per heavy atom. The Bertz CT molecular complexity index is 1610. The largest absolute Gasteiger partial charge is 0.545 e. The Kier molecular flexibility index (Phi) is 63.1. The molecule has 0 spiro atoms. The molecule has 0 rings (SSSR count). The third-order valence-electron chi connectivity index (χ3n) is 15.7. The Labute approximate surface area is 519 Å². The average molecular weight is 1180 g/mol. The molecule has 0 saturated heterocycles. The lowest BCUT2D eigenvalue weighted by Gasteiger charge is -2.26. The summed E-state index contributed by atoms with van der Waals surface area (Å²) < 4.78 is 22.8. The maximum absolute atomic E-state index is 12.9. The van der Waals surface area contributed by atoms with Crippen molar-refractivity contribution in [3.63, 3.8) is 0 Å². The molecule has 0 aliphatic rings. The van der Waals surface area contributed by atoms with Gasteiger partial charge in [-0.25, -0.2) is 0 Å². The van der Waals surface area contributed by atoms with E-state index in [1.54, 1.807) is 0 Å². The SMILES string of the molecule is CC/C=C\C/C=C\C/C=C\C/C=C\C/C=C\C/C=C\CCCCCCCCCCCCCCCCCCCCC(=O)OC(COC(=O)CCCCCCCCCCCCCCCCCCCCCCCC)COC(OCC[N+](C)(C)C)C(=O)[O-]. The van der Waals surface area contributed by atoms with E-state index in [0.717, 1.165) is 70.6 Å². The first-order chi connectivity index (χ1) is 41.1. The van der Waals surface area contributed by atoms with Crippen molar-refractivity contribution in [2.24, 2.45) is 0 Å². The molecule has 0 heterocycles. The highest BCUT2D eigenvalue weighted by Crippen LogP contribution is 2.18. The second kappa shape index (κ2) is 65.7. The molecule has 0 aromatic heterocycles. The molecule has 0 radical (unpaired) electrons. The average Bonchev–Trinajstić information content (AvgIpc) is 3.55. The number of ether oxygens (including phenoxy) is 4. The summed E-state index contributed by atoms with van der Waals surface area (Å²) in [5.74, 6) is -2.26. The van der Waals surface area contributed by atoms with Gasteiger partial charge in [0.1, 0.15) is 13.2 Å². The van der Waals surface area contributed by atoms with E-state index in [0.29, 0.717) is 23.9 Å². The van der Waals surface area contributed by atoms with E-state index in [-0.39, 0.29) is 32.2 Å². The monoisotopic (exact) mass is 1180 g/mol. The molecular weight excluding hydrogens is 1040 g/mol. The number of hydrogen-bond donors (Lipinski definition) is 0. The van der Waals surface area contributed by atoms with Crippen LogP contribution >= 0.6 is 0 Å². The standard InChI is InChI=1S/C75H135NO8/c1-6-8-10-12-14-16-18-20-22-24-26-28-30-31-32-33-34-35-36-37-38-39-40-41-42-43-44-46-48-50-52-54-56-58-60-62-64-66-73(78)84-71(70-83-75(74(79)80)81-68-67-76(3,4)5)69-82-72(77)65-63-61-59-57-55-53-51-49-47-45-29-27-25-23-21-19-17-15-13-11-9-7-2/h8,10,14,16,20,22,26,28,31-32,34-35,71,75H,6-7,9,11-13,15,17-19,21,23-25,27,29-30,33,36-70H2,1-5H3/b10-8-,16-14-,22-20-,28-26-,32-31-,35-34-. The number of carboxylic acids is 1. The van der Waals surface area contributed by atoms with Crippen molar-refractivity contribution in [3.8, 4) is 0 Å². The van der Waals surface area contributed by atoms with E-state index in [9.17, 15) is 19.5 Å². The first-order valence-corrected chi connectivity index (χ1v) is 35.6. The number of unbranched alkanes of at least 4 members (excludes halogenated alkanes) is 39. The summed E-state index contributed by atoms with van der Waals surface area (Å²) in [6, 6.07) is 0. The lowest BCUT2D eigenvalue weighted by Crippen LogP contribution is -2.44. The minimum absolute atomic E-state index is 0.149. The molecule has 0 aliphatic carbocycles. The van der Waals surface area contributed by atoms with E-state index >= 15 is 0 Å². The third-order valence-corrected chi connectivity index (χ3v) is 15.7. The van der Waals surface area contributed by atoms with Crippen LogP contribution < -0.4 is 5.11 Å². The quantitative estimate of drug-likeness (QED) is 0.0195. The number of carbonyl (C=O) groups is 3. The van der Waals surface area contributed by atoms with E-state index < -0.39 is 24.3 Å². The van der Waals surface area contributed by atoms with Crippen molar-refractivity contribution < 1.29 is 42.9 Å². The van der Waals surface area contributed by atoms with Crippen LogP contribution in [0.2, 0.25) is 0 Å². The number of nitrogens with zero attached hydrogens (tertiary/aromatic N) is 1. The molecule has 2 atom stereocenters. The predicted molar refractivity (Wildman–Crippen MR) is 357 cm³/mol. The number of hydrogen-bond acceptors (Lipinski definition) is 8. The summed E-state index contributed by atoms with van der Waals surface area (Å²) in [5, 5.41) is 11.8. The van der Waals surface area contributed by atoms with Gasteiger partial charge in [0.05, 0.1) is 40.3 Å². The van der Waals surface area contributed by atoms with Crippen LogP contribution in [0, 0.1) is 0 Å². The van der Waals surface area contributed by atoms with Gasteiger partial charge in [-0.15, -0.1) is 0 Å². The zero-order valence-electron chi connectivity index (χ0n) is 55.8. The molecule has 0 fully saturated rings. The van der Waals surface area contributed by atoms with Crippen LogP contribution in [0.1, 0.15) is 328 Å². The van der Waals surface area contributed by atoms with Gasteiger partial charge in [-0.2, -0.15) is 0 Å². The fourth-order valence-corrected chi connectivity index (χ4v) is 10.3. The van der Waals surface area contributed by atoms with Crippen molar-refractivity contribution in [3.05, 3.63) is 72.9 Å². The number of carboxylic acid groups (broad SMARTS) is 1. The molecule has 9 heteroatoms. The molecule has 0 aromatic rings. The number of quaternary nitrogens is 1. The first kappa shape index (κ1) is 80.7. The highest BCUT2D eigenvalue weighted by atomic mass is 16.7. The minimum Gasteiger partial charge on any atom is -0.545 e. The highest BCUT2D eigenvalue weighted by Gasteiger charge is 2.22. The summed E-state index contributed by atoms with van der Waals surface area (Å²) in [6.07, 6.45) is 84.2. The molecule has 0 aromatic carbocycles. The number of esters is 2. The molecule has 84 heavy (non-hydrogen) atoms. The Morgan fingerprint density at radius 3 is 1.01 bits per heavy atom. The molecule has 2 unspecified atom stereocenters. The van der Waals surface area contributed by atoms with Gasteiger partial charge in [-0.1, -0.05) is 324 Å². The van der Waals surface area contributed by atoms with Gasteiger partial charge >= 0.3 is 11.9 Å². The summed E-state index contributed by atoms with van der Waals surface area (Å²) in [5.41, 5.74) is 0. The minimum atomic E-state index is -1.62. The summed E-state index contributed by atoms with van der Waals surface area (Å²) >= 11 is 0. The molecule has 488 valence electrons. The fraction of sp³-hybridized carbons (Fsp3) is 0.800. The van der Waals surface area contributed by atoms with Gasteiger partial charge < -0.3 is 33.3 Å². The summed E-state index contributed by atoms with van der Waals surface area (Å²) in [7, 11) is 5.94. The molecule has 0 saturated carbocycles. The Hall–Kier alpha value is -3.27. The predicted octanol–water partition coefficient (Wildman–Crippen LogP) is 20.7. The van der Waals surface area contributed by atoms with Crippen LogP contribution in [0.25, 0.3) is 0 Å². The normalized spacial score (nSPS) is 13.1. The number of rotatable bonds is 66. The lowest BCUT2D eigenvalue weighted by atomic mass is 10.0. The number of aliphatic carboxylic acids is 1. The van der Waals surface area contributed by atoms with Gasteiger partial charge in [0.25, 0.3) is 0 Å². The summed E-state index contributed by atoms with van der Waals surface area (Å²) in [4.78, 5) is 37.5. The molecular formula is C75H135NO8. The Balaban J connectivity index is 4.04. The second-order valence-electron chi connectivity index (χ2n) is 25.2. The summed E-state index contributed by atoms with van der Waals surface area (Å²) in [6.45, 7) is 4.69. The van der Waals surface area contributed by atoms with Crippen LogP contribution in [0.3, 0.4) is 0 Å². The van der Waals surface area contributed by atoms with E-state index in [4.69, 9.17) is 18.9 Å². The van der Waals surface area contributed by atoms with Gasteiger partial charge in [0, 0.05) is 12.8 Å². The molecule has 0 bridgehead atoms. The Morgan fingerprint density at radius 2 is 0.679 bits per heavy atom. The third kappa shape index (κ3) is 66.3. The van der Waals surface area contributed by atoms with Crippen molar-refractivity contribution in [1.29, 1.82) is 0 Å². The lowest BCUT2D eigenvalue weighted by molar-refractivity contribution is -0.870. The molecule has 0 amide bonds. The van der Waals surface area contributed by atoms with Crippen LogP contribution in [-0.2, 0) is 33.3 Å². The van der Waals surface area contributed by atoms with E-state index in [1.807, 2.05) is 21.1 Å². The van der Waals surface area contributed by atoms with Crippen molar-refractivity contribution >= 4 is 17.9 Å². The van der Waals surface area contributed by atoms with Crippen LogP contribution in [0.5, 0.6) is 0 Å². The van der Waals surface area contributed by atoms with Crippen molar-refractivity contribution in [2.75, 3.05) is 47.5 Å². The molecule has 0 aliphatic heterocycles. The van der Waals surface area contributed by atoms with Crippen LogP contribution in [-0.4, -0.2) is 82.3 Å². The van der Waals surface area contributed by atoms with Gasteiger partial charge in [0.15, 0.2) is 12.4 Å². The maximum Gasteiger partial charge on any atom is 0.306 e. The number of allylic oxidation sites excluding steroid dienone is 12. The van der Waals surface area contributed by atoms with Gasteiger partial charge in [-0.05, 0) is 64.2 Å². The highest BCUT2D eigenvalue weighted by molar-refractivity contribution is 5.70. The van der Waals surface area contributed by atoms with E-state index in [2.05, 4.69) is 86.8 Å². The topological polar surface area (TPSA) is 111 Å². The zero-order valence-corrected chi connectivity index (χ0v) is 55.8. The van der Waals surface area contributed by atoms with Crippen molar-refractivity contribution in [2.45, 2.75) is 341 Å². The van der Waals surface area contributed by atoms with Gasteiger partial charge in [-0.3, -0.25) is 9.59 Å². The number of likely N-dealkylation sites (N-methyl/N-ethyl adjacent to an activating group) is 1. The van der Waals surface area contributed by atoms with Crippen LogP contribution in [0.15, 0.2) is 72.9 Å². The molecule has 0 N–H and O–H groups in total. The molecule has 9 nitrogen and oxygen atoms in total. The van der Waals surface area contributed by atoms with E-state index in [1.165, 1.54) is 225 Å². The maximum atomic E-state index is 12.9. The van der Waals surface area contributed by atoms with Crippen LogP contribution in [0.4, 0.5) is 0 Å².